The van der Waals surface area contributed by atoms with Crippen LogP contribution in [0.25, 0.3) is 27.7 Å². The van der Waals surface area contributed by atoms with Gasteiger partial charge in [-0.05, 0) is 48.7 Å². The van der Waals surface area contributed by atoms with Gasteiger partial charge in [-0.3, -0.25) is 0 Å². The van der Waals surface area contributed by atoms with Crippen molar-refractivity contribution in [3.05, 3.63) is 54.1 Å². The lowest BCUT2D eigenvalue weighted by Gasteiger charge is -2.07. The third kappa shape index (κ3) is 1.54. The minimum atomic E-state index is 0.909. The van der Waals surface area contributed by atoms with E-state index in [0.29, 0.717) is 0 Å². The molecule has 0 aliphatic heterocycles. The van der Waals surface area contributed by atoms with Crippen LogP contribution >= 0.6 is 0 Å². The molecule has 0 saturated heterocycles. The summed E-state index contributed by atoms with van der Waals surface area (Å²) >= 11 is 0. The molecule has 0 aliphatic rings. The zero-order valence-electron chi connectivity index (χ0n) is 11.4. The minimum absolute atomic E-state index is 0.909. The van der Waals surface area contributed by atoms with E-state index in [1.165, 1.54) is 16.5 Å². The van der Waals surface area contributed by atoms with Crippen molar-refractivity contribution in [2.75, 3.05) is 0 Å². The van der Waals surface area contributed by atoms with Gasteiger partial charge in [-0.2, -0.15) is 5.10 Å². The van der Waals surface area contributed by atoms with Crippen molar-refractivity contribution in [1.29, 1.82) is 0 Å². The van der Waals surface area contributed by atoms with Crippen molar-refractivity contribution < 1.29 is 0 Å². The van der Waals surface area contributed by atoms with Gasteiger partial charge in [0.05, 0.1) is 0 Å². The summed E-state index contributed by atoms with van der Waals surface area (Å²) in [6.07, 6.45) is 5.59. The molecule has 0 spiro atoms. The first-order valence-electron chi connectivity index (χ1n) is 6.60. The fourth-order valence-electron chi connectivity index (χ4n) is 2.77. The lowest BCUT2D eigenvalue weighted by molar-refractivity contribution is 0.958. The van der Waals surface area contributed by atoms with Crippen LogP contribution in [0, 0.1) is 13.8 Å². The lowest BCUT2D eigenvalue weighted by Crippen LogP contribution is -1.92. The average molecular weight is 262 g/mol. The maximum atomic E-state index is 4.26. The summed E-state index contributed by atoms with van der Waals surface area (Å²) in [6, 6.07) is 8.67. The van der Waals surface area contributed by atoms with E-state index in [4.69, 9.17) is 0 Å². The van der Waals surface area contributed by atoms with Crippen molar-refractivity contribution in [3.8, 4) is 11.1 Å². The monoisotopic (exact) mass is 262 g/mol. The van der Waals surface area contributed by atoms with Crippen LogP contribution < -0.4 is 0 Å². The topological polar surface area (TPSA) is 46.0 Å². The van der Waals surface area contributed by atoms with Crippen LogP contribution in [-0.4, -0.2) is 19.6 Å². The van der Waals surface area contributed by atoms with Crippen molar-refractivity contribution in [1.82, 2.24) is 19.6 Å². The molecular formula is C16H14N4. The van der Waals surface area contributed by atoms with E-state index in [-0.39, 0.29) is 0 Å². The van der Waals surface area contributed by atoms with Gasteiger partial charge in [-0.25, -0.2) is 9.50 Å². The van der Waals surface area contributed by atoms with Gasteiger partial charge in [0.15, 0.2) is 5.65 Å². The van der Waals surface area contributed by atoms with E-state index in [1.54, 1.807) is 6.33 Å². The molecule has 4 nitrogen and oxygen atoms in total. The molecule has 3 heterocycles. The third-order valence-corrected chi connectivity index (χ3v) is 3.77. The first-order chi connectivity index (χ1) is 9.72. The van der Waals surface area contributed by atoms with E-state index in [1.807, 2.05) is 16.9 Å². The Labute approximate surface area is 116 Å². The molecule has 98 valence electrons. The highest BCUT2D eigenvalue weighted by Gasteiger charge is 2.07. The van der Waals surface area contributed by atoms with Gasteiger partial charge in [0.1, 0.15) is 6.33 Å². The van der Waals surface area contributed by atoms with E-state index >= 15 is 0 Å². The number of nitrogens with one attached hydrogen (secondary N) is 1. The Hall–Kier alpha value is -2.62. The molecule has 4 aromatic rings. The second-order valence-corrected chi connectivity index (χ2v) is 5.17. The number of fused-ring (bicyclic) bond motifs is 2. The second kappa shape index (κ2) is 3.93. The molecule has 0 radical (unpaired) electrons. The summed E-state index contributed by atoms with van der Waals surface area (Å²) in [5.41, 5.74) is 6.82. The van der Waals surface area contributed by atoms with Gasteiger partial charge < -0.3 is 4.98 Å². The van der Waals surface area contributed by atoms with Gasteiger partial charge in [-0.1, -0.05) is 6.07 Å². The summed E-state index contributed by atoms with van der Waals surface area (Å²) < 4.78 is 1.83. The lowest BCUT2D eigenvalue weighted by atomic mass is 10.0. The Kier molecular flexibility index (Phi) is 2.21. The number of hydrogen-bond acceptors (Lipinski definition) is 2. The second-order valence-electron chi connectivity index (χ2n) is 5.17. The molecule has 20 heavy (non-hydrogen) atoms. The number of pyridine rings is 1. The number of aryl methyl sites for hydroxylation is 2. The number of nitrogens with zero attached hydrogens (tertiary/aromatic N) is 3. The van der Waals surface area contributed by atoms with Crippen LogP contribution in [0.2, 0.25) is 0 Å². The van der Waals surface area contributed by atoms with Crippen molar-refractivity contribution in [2.45, 2.75) is 13.8 Å². The summed E-state index contributed by atoms with van der Waals surface area (Å²) in [4.78, 5) is 7.54. The van der Waals surface area contributed by atoms with Gasteiger partial charge >= 0.3 is 0 Å². The standard InChI is InChI=1S/C16H14N4/c1-10-5-12(7-15-14(10)3-4-17-15)13-6-11(2)16-18-9-19-20(16)8-13/h3-9,17H,1-2H3. The van der Waals surface area contributed by atoms with Crippen molar-refractivity contribution in [3.63, 3.8) is 0 Å². The summed E-state index contributed by atoms with van der Waals surface area (Å²) in [5, 5.41) is 5.51. The van der Waals surface area contributed by atoms with E-state index < -0.39 is 0 Å². The Morgan fingerprint density at radius 3 is 2.80 bits per heavy atom. The van der Waals surface area contributed by atoms with Crippen LogP contribution in [0.4, 0.5) is 0 Å². The number of aromatic nitrogens is 4. The summed E-state index contributed by atoms with van der Waals surface area (Å²) in [7, 11) is 0. The molecule has 3 aromatic heterocycles. The van der Waals surface area contributed by atoms with Crippen molar-refractivity contribution in [2.24, 2.45) is 0 Å². The van der Waals surface area contributed by atoms with Crippen molar-refractivity contribution >= 4 is 16.6 Å². The molecule has 0 unspecified atom stereocenters. The van der Waals surface area contributed by atoms with Crippen LogP contribution in [0.3, 0.4) is 0 Å². The predicted molar refractivity (Wildman–Crippen MR) is 79.8 cm³/mol. The fourth-order valence-corrected chi connectivity index (χ4v) is 2.77. The van der Waals surface area contributed by atoms with Crippen LogP contribution in [0.5, 0.6) is 0 Å². The van der Waals surface area contributed by atoms with Gasteiger partial charge in [0, 0.05) is 28.9 Å². The fraction of sp³-hybridized carbons (Fsp3) is 0.125. The summed E-state index contributed by atoms with van der Waals surface area (Å²) in [5.74, 6) is 0. The highest BCUT2D eigenvalue weighted by atomic mass is 15.3. The average Bonchev–Trinajstić information content (AvgIpc) is 3.06. The molecule has 0 saturated carbocycles. The number of aromatic amines is 1. The summed E-state index contributed by atoms with van der Waals surface area (Å²) in [6.45, 7) is 4.20. The normalized spacial score (nSPS) is 11.5. The molecular weight excluding hydrogens is 248 g/mol. The molecule has 0 atom stereocenters. The van der Waals surface area contributed by atoms with Crippen LogP contribution in [0.1, 0.15) is 11.1 Å². The largest absolute Gasteiger partial charge is 0.361 e. The molecule has 0 amide bonds. The number of benzene rings is 1. The predicted octanol–water partition coefficient (Wildman–Crippen LogP) is 3.49. The molecule has 4 rings (SSSR count). The first-order valence-corrected chi connectivity index (χ1v) is 6.60. The molecule has 0 fully saturated rings. The quantitative estimate of drug-likeness (QED) is 0.570. The van der Waals surface area contributed by atoms with Gasteiger partial charge in [0.2, 0.25) is 0 Å². The smallest absolute Gasteiger partial charge is 0.158 e. The molecule has 0 aliphatic carbocycles. The zero-order chi connectivity index (χ0) is 13.7. The zero-order valence-corrected chi connectivity index (χ0v) is 11.4. The first kappa shape index (κ1) is 11.2. The Balaban J connectivity index is 2.00. The maximum absolute atomic E-state index is 4.26. The van der Waals surface area contributed by atoms with Gasteiger partial charge in [0.25, 0.3) is 0 Å². The third-order valence-electron chi connectivity index (χ3n) is 3.77. The minimum Gasteiger partial charge on any atom is -0.361 e. The maximum Gasteiger partial charge on any atom is 0.158 e. The van der Waals surface area contributed by atoms with Gasteiger partial charge in [-0.15, -0.1) is 0 Å². The SMILES string of the molecule is Cc1cc(-c2cc(C)c3ncnn3c2)cc2[nH]ccc12. The van der Waals surface area contributed by atoms with E-state index in [9.17, 15) is 0 Å². The molecule has 1 N–H and O–H groups in total. The van der Waals surface area contributed by atoms with E-state index in [0.717, 1.165) is 22.3 Å². The van der Waals surface area contributed by atoms with E-state index in [2.05, 4.69) is 53.2 Å². The number of hydrogen-bond donors (Lipinski definition) is 1. The highest BCUT2D eigenvalue weighted by molar-refractivity contribution is 5.88. The highest BCUT2D eigenvalue weighted by Crippen LogP contribution is 2.27. The molecule has 1 aromatic carbocycles. The van der Waals surface area contributed by atoms with Crippen LogP contribution in [0.15, 0.2) is 43.0 Å². The number of rotatable bonds is 1. The Morgan fingerprint density at radius 1 is 1.05 bits per heavy atom. The Bertz CT molecular complexity index is 852. The number of H-pyrrole nitrogens is 1. The Morgan fingerprint density at radius 2 is 1.90 bits per heavy atom. The molecule has 4 heteroatoms. The van der Waals surface area contributed by atoms with Crippen LogP contribution in [-0.2, 0) is 0 Å². The molecule has 0 bridgehead atoms.